The van der Waals surface area contributed by atoms with Crippen molar-refractivity contribution < 1.29 is 9.18 Å². The summed E-state index contributed by atoms with van der Waals surface area (Å²) in [5, 5.41) is 2.62. The highest BCUT2D eigenvalue weighted by molar-refractivity contribution is 7.14. The summed E-state index contributed by atoms with van der Waals surface area (Å²) in [6, 6.07) is 6.22. The molecule has 1 aromatic heterocycles. The molecule has 0 fully saturated rings. The van der Waals surface area contributed by atoms with Crippen molar-refractivity contribution in [2.75, 3.05) is 11.1 Å². The van der Waals surface area contributed by atoms with E-state index in [4.69, 9.17) is 5.73 Å². The van der Waals surface area contributed by atoms with Crippen LogP contribution < -0.4 is 11.1 Å². The Hall–Kier alpha value is -1.88. The van der Waals surface area contributed by atoms with Gasteiger partial charge >= 0.3 is 0 Å². The third-order valence-corrected chi connectivity index (χ3v) is 4.95. The van der Waals surface area contributed by atoms with Crippen molar-refractivity contribution in [3.63, 3.8) is 0 Å². The highest BCUT2D eigenvalue weighted by Crippen LogP contribution is 2.29. The fourth-order valence-electron chi connectivity index (χ4n) is 2.60. The number of amides is 1. The summed E-state index contributed by atoms with van der Waals surface area (Å²) in [5.74, 6) is -0.766. The van der Waals surface area contributed by atoms with Gasteiger partial charge in [0.05, 0.1) is 10.6 Å². The van der Waals surface area contributed by atoms with E-state index in [0.717, 1.165) is 12.8 Å². The largest absolute Gasteiger partial charge is 0.399 e. The van der Waals surface area contributed by atoms with E-state index in [2.05, 4.69) is 5.32 Å². The second kappa shape index (κ2) is 5.85. The summed E-state index contributed by atoms with van der Waals surface area (Å²) in [7, 11) is 0. The Morgan fingerprint density at radius 1 is 1.19 bits per heavy atom. The Balaban J connectivity index is 1.79. The number of carbonyl (C=O) groups excluding carboxylic acids is 1. The van der Waals surface area contributed by atoms with Crippen LogP contribution in [0.1, 0.15) is 39.4 Å². The number of nitrogen functional groups attached to an aromatic ring is 1. The SMILES string of the molecule is Nc1ccc(NC(=O)c2cc3c(s2)CCCCC3)c(F)c1. The molecule has 1 amide bonds. The van der Waals surface area contributed by atoms with E-state index in [1.807, 2.05) is 6.07 Å². The van der Waals surface area contributed by atoms with Gasteiger partial charge in [-0.25, -0.2) is 4.39 Å². The van der Waals surface area contributed by atoms with Crippen molar-refractivity contribution in [3.05, 3.63) is 45.4 Å². The van der Waals surface area contributed by atoms with Crippen molar-refractivity contribution in [2.24, 2.45) is 0 Å². The summed E-state index contributed by atoms with van der Waals surface area (Å²) in [4.78, 5) is 14.2. The van der Waals surface area contributed by atoms with Gasteiger partial charge < -0.3 is 11.1 Å². The molecule has 21 heavy (non-hydrogen) atoms. The van der Waals surface area contributed by atoms with Gasteiger partial charge in [-0.15, -0.1) is 11.3 Å². The van der Waals surface area contributed by atoms with Crippen LogP contribution in [0.3, 0.4) is 0 Å². The minimum atomic E-state index is -0.513. The molecule has 0 saturated heterocycles. The van der Waals surface area contributed by atoms with Crippen LogP contribution in [-0.4, -0.2) is 5.91 Å². The van der Waals surface area contributed by atoms with E-state index >= 15 is 0 Å². The van der Waals surface area contributed by atoms with Gasteiger partial charge in [0.15, 0.2) is 0 Å². The van der Waals surface area contributed by atoms with Crippen LogP contribution in [0.2, 0.25) is 0 Å². The Morgan fingerprint density at radius 2 is 2.00 bits per heavy atom. The van der Waals surface area contributed by atoms with Crippen LogP contribution in [0.5, 0.6) is 0 Å². The first-order chi connectivity index (χ1) is 10.1. The van der Waals surface area contributed by atoms with E-state index in [1.54, 1.807) is 6.07 Å². The fourth-order valence-corrected chi connectivity index (χ4v) is 3.74. The van der Waals surface area contributed by atoms with Crippen molar-refractivity contribution in [1.82, 2.24) is 0 Å². The van der Waals surface area contributed by atoms with Crippen molar-refractivity contribution >= 4 is 28.6 Å². The number of thiophene rings is 1. The van der Waals surface area contributed by atoms with E-state index in [-0.39, 0.29) is 11.6 Å². The molecule has 0 atom stereocenters. The van der Waals surface area contributed by atoms with Crippen LogP contribution >= 0.6 is 11.3 Å². The van der Waals surface area contributed by atoms with Gasteiger partial charge in [0.1, 0.15) is 5.82 Å². The Morgan fingerprint density at radius 3 is 2.81 bits per heavy atom. The second-order valence-corrected chi connectivity index (χ2v) is 6.45. The Kier molecular flexibility index (Phi) is 3.92. The molecule has 3 N–H and O–H groups in total. The van der Waals surface area contributed by atoms with Gasteiger partial charge in [0.25, 0.3) is 5.91 Å². The zero-order chi connectivity index (χ0) is 14.8. The third-order valence-electron chi connectivity index (χ3n) is 3.71. The molecular formula is C16H17FN2OS. The average molecular weight is 304 g/mol. The molecule has 0 unspecified atom stereocenters. The molecule has 0 saturated carbocycles. The zero-order valence-corrected chi connectivity index (χ0v) is 12.4. The van der Waals surface area contributed by atoms with E-state index in [9.17, 15) is 9.18 Å². The number of hydrogen-bond donors (Lipinski definition) is 2. The number of aryl methyl sites for hydroxylation is 2. The smallest absolute Gasteiger partial charge is 0.265 e. The summed E-state index contributed by atoms with van der Waals surface area (Å²) in [6.45, 7) is 0. The molecular weight excluding hydrogens is 287 g/mol. The molecule has 5 heteroatoms. The van der Waals surface area contributed by atoms with E-state index < -0.39 is 5.82 Å². The number of fused-ring (bicyclic) bond motifs is 1. The summed E-state index contributed by atoms with van der Waals surface area (Å²) >= 11 is 1.53. The molecule has 0 radical (unpaired) electrons. The van der Waals surface area contributed by atoms with Crippen molar-refractivity contribution in [2.45, 2.75) is 32.1 Å². The summed E-state index contributed by atoms with van der Waals surface area (Å²) in [6.07, 6.45) is 5.69. The molecule has 3 rings (SSSR count). The number of halogens is 1. The maximum atomic E-state index is 13.7. The van der Waals surface area contributed by atoms with Crippen molar-refractivity contribution in [1.29, 1.82) is 0 Å². The standard InChI is InChI=1S/C16H17FN2OS/c17-12-9-11(18)6-7-13(12)19-16(20)15-8-10-4-2-1-3-5-14(10)21-15/h6-9H,1-5,18H2,(H,19,20). The van der Waals surface area contributed by atoms with Crippen LogP contribution in [0.4, 0.5) is 15.8 Å². The normalized spacial score (nSPS) is 14.3. The van der Waals surface area contributed by atoms with Gasteiger partial charge in [-0.05, 0) is 55.5 Å². The lowest BCUT2D eigenvalue weighted by molar-refractivity contribution is 0.103. The van der Waals surface area contributed by atoms with Crippen LogP contribution in [-0.2, 0) is 12.8 Å². The summed E-state index contributed by atoms with van der Waals surface area (Å²) < 4.78 is 13.7. The number of anilines is 2. The predicted molar refractivity (Wildman–Crippen MR) is 84.3 cm³/mol. The predicted octanol–water partition coefficient (Wildman–Crippen LogP) is 3.99. The molecule has 1 aromatic carbocycles. The highest BCUT2D eigenvalue weighted by atomic mass is 32.1. The first kappa shape index (κ1) is 14.1. The molecule has 110 valence electrons. The van der Waals surface area contributed by atoms with Crippen LogP contribution in [0.15, 0.2) is 24.3 Å². The topological polar surface area (TPSA) is 55.1 Å². The maximum absolute atomic E-state index is 13.7. The number of carbonyl (C=O) groups is 1. The van der Waals surface area contributed by atoms with Gasteiger partial charge in [-0.2, -0.15) is 0 Å². The fraction of sp³-hybridized carbons (Fsp3) is 0.312. The lowest BCUT2D eigenvalue weighted by atomic mass is 10.1. The average Bonchev–Trinajstić information content (AvgIpc) is 2.73. The molecule has 0 bridgehead atoms. The Labute approximate surface area is 127 Å². The minimum absolute atomic E-state index is 0.165. The van der Waals surface area contributed by atoms with Crippen LogP contribution in [0.25, 0.3) is 0 Å². The van der Waals surface area contributed by atoms with E-state index in [1.165, 1.54) is 53.2 Å². The highest BCUT2D eigenvalue weighted by Gasteiger charge is 2.17. The Bertz CT molecular complexity index is 657. The van der Waals surface area contributed by atoms with Gasteiger partial charge in [0.2, 0.25) is 0 Å². The zero-order valence-electron chi connectivity index (χ0n) is 11.6. The first-order valence-electron chi connectivity index (χ1n) is 7.11. The summed E-state index contributed by atoms with van der Waals surface area (Å²) in [5.41, 5.74) is 7.28. The molecule has 3 nitrogen and oxygen atoms in total. The van der Waals surface area contributed by atoms with E-state index in [0.29, 0.717) is 10.6 Å². The molecule has 0 spiro atoms. The van der Waals surface area contributed by atoms with Gasteiger partial charge in [-0.1, -0.05) is 6.42 Å². The third kappa shape index (κ3) is 3.08. The molecule has 0 aliphatic heterocycles. The number of nitrogens with two attached hydrogens (primary N) is 1. The van der Waals surface area contributed by atoms with Gasteiger partial charge in [0, 0.05) is 10.6 Å². The minimum Gasteiger partial charge on any atom is -0.399 e. The molecule has 1 aliphatic rings. The number of benzene rings is 1. The van der Waals surface area contributed by atoms with Crippen LogP contribution in [0, 0.1) is 5.82 Å². The van der Waals surface area contributed by atoms with Crippen molar-refractivity contribution in [3.8, 4) is 0 Å². The lowest BCUT2D eigenvalue weighted by Gasteiger charge is -2.05. The molecule has 1 aliphatic carbocycles. The molecule has 1 heterocycles. The first-order valence-corrected chi connectivity index (χ1v) is 7.93. The monoisotopic (exact) mass is 304 g/mol. The second-order valence-electron chi connectivity index (χ2n) is 5.31. The number of nitrogens with one attached hydrogen (secondary N) is 1. The lowest BCUT2D eigenvalue weighted by Crippen LogP contribution is -2.11. The molecule has 2 aromatic rings. The number of rotatable bonds is 2. The maximum Gasteiger partial charge on any atom is 0.265 e. The van der Waals surface area contributed by atoms with Gasteiger partial charge in [-0.3, -0.25) is 4.79 Å². The number of hydrogen-bond acceptors (Lipinski definition) is 3. The quantitative estimate of drug-likeness (QED) is 0.651.